The molecule has 0 aromatic heterocycles. The Bertz CT molecular complexity index is 114. The summed E-state index contributed by atoms with van der Waals surface area (Å²) in [5, 5.41) is 1.99. The Morgan fingerprint density at radius 2 is 1.75 bits per heavy atom. The van der Waals surface area contributed by atoms with E-state index in [1.807, 2.05) is 5.06 Å². The topological polar surface area (TPSA) is 24.9 Å². The molecule has 0 radical (unpaired) electrons. The van der Waals surface area contributed by atoms with Crippen molar-refractivity contribution in [1.82, 2.24) is 9.96 Å². The minimum absolute atomic E-state index is 0.826. The van der Waals surface area contributed by atoms with E-state index in [1.54, 1.807) is 14.2 Å². The van der Waals surface area contributed by atoms with Crippen LogP contribution in [-0.2, 0) is 9.57 Å². The van der Waals surface area contributed by atoms with Crippen LogP contribution < -0.4 is 0 Å². The third-order valence-electron chi connectivity index (χ3n) is 2.20. The number of hydrogen-bond donors (Lipinski definition) is 0. The predicted molar refractivity (Wildman–Crippen MR) is 46.9 cm³/mol. The van der Waals surface area contributed by atoms with Gasteiger partial charge in [-0.2, -0.15) is 5.06 Å². The minimum Gasteiger partial charge on any atom is -0.383 e. The van der Waals surface area contributed by atoms with Crippen LogP contribution in [0.15, 0.2) is 0 Å². The predicted octanol–water partition coefficient (Wildman–Crippen LogP) is -0.188. The molecule has 0 N–H and O–H groups in total. The summed E-state index contributed by atoms with van der Waals surface area (Å²) in [6.45, 7) is 6.02. The van der Waals surface area contributed by atoms with Crippen LogP contribution in [0.4, 0.5) is 0 Å². The van der Waals surface area contributed by atoms with E-state index in [9.17, 15) is 0 Å². The molecule has 0 aromatic carbocycles. The molecule has 0 spiro atoms. The zero-order valence-corrected chi connectivity index (χ0v) is 7.95. The van der Waals surface area contributed by atoms with Gasteiger partial charge in [-0.3, -0.25) is 4.90 Å². The van der Waals surface area contributed by atoms with Crippen molar-refractivity contribution in [1.29, 1.82) is 0 Å². The molecule has 0 atom stereocenters. The highest BCUT2D eigenvalue weighted by Crippen LogP contribution is 2.00. The van der Waals surface area contributed by atoms with Gasteiger partial charge in [0.1, 0.15) is 0 Å². The molecule has 1 aliphatic heterocycles. The molecule has 1 saturated heterocycles. The summed E-state index contributed by atoms with van der Waals surface area (Å²) in [5.74, 6) is 0. The van der Waals surface area contributed by atoms with Crippen molar-refractivity contribution >= 4 is 0 Å². The lowest BCUT2D eigenvalue weighted by Crippen LogP contribution is -2.46. The van der Waals surface area contributed by atoms with E-state index in [2.05, 4.69) is 4.90 Å². The van der Waals surface area contributed by atoms with E-state index in [-0.39, 0.29) is 0 Å². The maximum Gasteiger partial charge on any atom is 0.0589 e. The molecule has 1 fully saturated rings. The first-order valence-electron chi connectivity index (χ1n) is 4.37. The molecule has 1 rings (SSSR count). The molecule has 0 bridgehead atoms. The van der Waals surface area contributed by atoms with Crippen molar-refractivity contribution in [3.8, 4) is 0 Å². The maximum absolute atomic E-state index is 5.12. The molecule has 1 heterocycles. The van der Waals surface area contributed by atoms with Crippen molar-refractivity contribution in [2.24, 2.45) is 0 Å². The zero-order chi connectivity index (χ0) is 8.81. The fourth-order valence-electron chi connectivity index (χ4n) is 1.36. The highest BCUT2D eigenvalue weighted by Gasteiger charge is 2.15. The summed E-state index contributed by atoms with van der Waals surface area (Å²) in [6.07, 6.45) is 0. The molecule has 4 nitrogen and oxygen atoms in total. The minimum atomic E-state index is 0.826. The second kappa shape index (κ2) is 5.48. The number of rotatable bonds is 4. The summed E-state index contributed by atoms with van der Waals surface area (Å²) in [7, 11) is 3.47. The van der Waals surface area contributed by atoms with Crippen molar-refractivity contribution in [2.75, 3.05) is 53.6 Å². The van der Waals surface area contributed by atoms with Gasteiger partial charge in [-0.25, -0.2) is 0 Å². The molecular formula is C8H18N2O2. The van der Waals surface area contributed by atoms with Crippen LogP contribution in [0.25, 0.3) is 0 Å². The number of hydroxylamine groups is 2. The Labute approximate surface area is 74.0 Å². The average molecular weight is 174 g/mol. The molecule has 0 aliphatic carbocycles. The summed E-state index contributed by atoms with van der Waals surface area (Å²) >= 11 is 0. The smallest absolute Gasteiger partial charge is 0.0589 e. The van der Waals surface area contributed by atoms with Gasteiger partial charge in [0, 0.05) is 39.8 Å². The number of ether oxygens (including phenoxy) is 1. The van der Waals surface area contributed by atoms with Gasteiger partial charge in [-0.15, -0.1) is 0 Å². The zero-order valence-electron chi connectivity index (χ0n) is 7.95. The van der Waals surface area contributed by atoms with Crippen LogP contribution in [0.2, 0.25) is 0 Å². The first kappa shape index (κ1) is 9.92. The second-order valence-electron chi connectivity index (χ2n) is 2.95. The number of piperazine rings is 1. The Hall–Kier alpha value is -0.160. The number of nitrogens with zero attached hydrogens (tertiary/aromatic N) is 2. The summed E-state index contributed by atoms with van der Waals surface area (Å²) in [4.78, 5) is 7.51. The molecule has 0 unspecified atom stereocenters. The van der Waals surface area contributed by atoms with E-state index in [1.165, 1.54) is 0 Å². The Kier molecular flexibility index (Phi) is 4.53. The highest BCUT2D eigenvalue weighted by atomic mass is 16.7. The Balaban J connectivity index is 2.09. The first-order valence-corrected chi connectivity index (χ1v) is 4.37. The van der Waals surface area contributed by atoms with E-state index in [0.29, 0.717) is 0 Å². The number of methoxy groups -OCH3 is 1. The average Bonchev–Trinajstić information content (AvgIpc) is 2.15. The molecule has 0 amide bonds. The molecule has 1 aliphatic rings. The third-order valence-corrected chi connectivity index (χ3v) is 2.20. The van der Waals surface area contributed by atoms with Gasteiger partial charge < -0.3 is 9.57 Å². The summed E-state index contributed by atoms with van der Waals surface area (Å²) < 4.78 is 5.01. The monoisotopic (exact) mass is 174 g/mol. The largest absolute Gasteiger partial charge is 0.383 e. The summed E-state index contributed by atoms with van der Waals surface area (Å²) in [6, 6.07) is 0. The Morgan fingerprint density at radius 3 is 2.25 bits per heavy atom. The van der Waals surface area contributed by atoms with Crippen LogP contribution in [-0.4, -0.2) is 63.5 Å². The van der Waals surface area contributed by atoms with Gasteiger partial charge in [0.2, 0.25) is 0 Å². The first-order chi connectivity index (χ1) is 5.86. The van der Waals surface area contributed by atoms with Crippen LogP contribution in [0.5, 0.6) is 0 Å². The summed E-state index contributed by atoms with van der Waals surface area (Å²) in [5.41, 5.74) is 0. The lowest BCUT2D eigenvalue weighted by Gasteiger charge is -2.32. The normalized spacial score (nSPS) is 21.5. The van der Waals surface area contributed by atoms with Gasteiger partial charge in [0.05, 0.1) is 13.7 Å². The van der Waals surface area contributed by atoms with E-state index < -0.39 is 0 Å². The molecule has 0 saturated carbocycles. The molecule has 0 aromatic rings. The standard InChI is InChI=1S/C8H18N2O2/c1-11-8-7-9-3-5-10(12-2)6-4-9/h3-8H2,1-2H3. The SMILES string of the molecule is COCCN1CCN(OC)CC1. The van der Waals surface area contributed by atoms with Crippen LogP contribution in [0.1, 0.15) is 0 Å². The molecular weight excluding hydrogens is 156 g/mol. The van der Waals surface area contributed by atoms with Gasteiger partial charge in [0.25, 0.3) is 0 Å². The Morgan fingerprint density at radius 1 is 1.08 bits per heavy atom. The highest BCUT2D eigenvalue weighted by molar-refractivity contribution is 4.66. The van der Waals surface area contributed by atoms with E-state index >= 15 is 0 Å². The van der Waals surface area contributed by atoms with Crippen molar-refractivity contribution < 1.29 is 9.57 Å². The van der Waals surface area contributed by atoms with E-state index in [0.717, 1.165) is 39.3 Å². The van der Waals surface area contributed by atoms with Crippen molar-refractivity contribution in [2.45, 2.75) is 0 Å². The number of hydrogen-bond acceptors (Lipinski definition) is 4. The quantitative estimate of drug-likeness (QED) is 0.590. The van der Waals surface area contributed by atoms with Gasteiger partial charge >= 0.3 is 0 Å². The molecule has 72 valence electrons. The van der Waals surface area contributed by atoms with Gasteiger partial charge in [-0.1, -0.05) is 0 Å². The second-order valence-corrected chi connectivity index (χ2v) is 2.95. The van der Waals surface area contributed by atoms with E-state index in [4.69, 9.17) is 9.57 Å². The lowest BCUT2D eigenvalue weighted by molar-refractivity contribution is -0.152. The third kappa shape index (κ3) is 3.06. The fourth-order valence-corrected chi connectivity index (χ4v) is 1.36. The van der Waals surface area contributed by atoms with Gasteiger partial charge in [0.15, 0.2) is 0 Å². The van der Waals surface area contributed by atoms with Crippen LogP contribution >= 0.6 is 0 Å². The maximum atomic E-state index is 5.12. The fraction of sp³-hybridized carbons (Fsp3) is 1.00. The van der Waals surface area contributed by atoms with Crippen LogP contribution in [0.3, 0.4) is 0 Å². The van der Waals surface area contributed by atoms with Crippen LogP contribution in [0, 0.1) is 0 Å². The van der Waals surface area contributed by atoms with Crippen molar-refractivity contribution in [3.63, 3.8) is 0 Å². The lowest BCUT2D eigenvalue weighted by atomic mass is 10.3. The van der Waals surface area contributed by atoms with Crippen molar-refractivity contribution in [3.05, 3.63) is 0 Å². The molecule has 4 heteroatoms. The van der Waals surface area contributed by atoms with Gasteiger partial charge in [-0.05, 0) is 0 Å². The molecule has 12 heavy (non-hydrogen) atoms.